The van der Waals surface area contributed by atoms with Crippen LogP contribution in [0, 0.1) is 0 Å². The summed E-state index contributed by atoms with van der Waals surface area (Å²) >= 11 is 6.12. The molecule has 0 aliphatic carbocycles. The number of hydrazone groups is 1. The van der Waals surface area contributed by atoms with E-state index in [-0.39, 0.29) is 19.1 Å². The highest BCUT2D eigenvalue weighted by Gasteiger charge is 2.28. The molecule has 0 unspecified atom stereocenters. The maximum Gasteiger partial charge on any atom is 0.280 e. The van der Waals surface area contributed by atoms with Crippen molar-refractivity contribution < 1.29 is 23.7 Å². The third kappa shape index (κ3) is 5.41. The van der Waals surface area contributed by atoms with Crippen molar-refractivity contribution in [3.05, 3.63) is 82.9 Å². The number of carbonyl (C=O) groups excluding carboxylic acids is 1. The van der Waals surface area contributed by atoms with Crippen molar-refractivity contribution in [2.75, 3.05) is 32.4 Å². The van der Waals surface area contributed by atoms with Crippen LogP contribution in [0.4, 0.5) is 5.69 Å². The molecule has 1 heterocycles. The Morgan fingerprint density at radius 3 is 2.17 bits per heavy atom. The summed E-state index contributed by atoms with van der Waals surface area (Å²) in [6.07, 6.45) is 1.76. The quantitative estimate of drug-likeness (QED) is 0.286. The molecule has 0 aromatic heterocycles. The fraction of sp³-hybridized carbons (Fsp3) is 0.185. The van der Waals surface area contributed by atoms with Crippen LogP contribution in [0.3, 0.4) is 0 Å². The first-order chi connectivity index (χ1) is 17.0. The molecule has 1 aliphatic rings. The smallest absolute Gasteiger partial charge is 0.280 e. The second kappa shape index (κ2) is 11.0. The fourth-order valence-electron chi connectivity index (χ4n) is 3.58. The van der Waals surface area contributed by atoms with E-state index < -0.39 is 0 Å². The molecule has 0 spiro atoms. The predicted octanol–water partition coefficient (Wildman–Crippen LogP) is 5.62. The van der Waals surface area contributed by atoms with Crippen LogP contribution in [-0.2, 0) is 4.79 Å². The van der Waals surface area contributed by atoms with E-state index in [4.69, 9.17) is 30.5 Å². The standard InChI is InChI=1S/C27H25ClN2O5/c1-18-21(27(31)30(29-18)20-9-5-4-6-10-20)15-19-16-24(32-2)26(25(17-19)33-3)35-14-13-34-23-12-8-7-11-22(23)28/h4-12,15-17H,13-14H2,1-3H3/b21-15+. The molecule has 8 heteroatoms. The Bertz CT molecular complexity index is 1250. The molecule has 1 amide bonds. The van der Waals surface area contributed by atoms with Gasteiger partial charge in [0, 0.05) is 0 Å². The molecule has 0 bridgehead atoms. The first-order valence-electron chi connectivity index (χ1n) is 10.9. The topological polar surface area (TPSA) is 69.6 Å². The Kier molecular flexibility index (Phi) is 7.57. The molecule has 0 saturated heterocycles. The summed E-state index contributed by atoms with van der Waals surface area (Å²) in [4.78, 5) is 13.0. The number of anilines is 1. The number of rotatable bonds is 9. The van der Waals surface area contributed by atoms with E-state index in [1.807, 2.05) is 42.5 Å². The molecule has 0 N–H and O–H groups in total. The maximum absolute atomic E-state index is 13.0. The largest absolute Gasteiger partial charge is 0.493 e. The first-order valence-corrected chi connectivity index (χ1v) is 11.3. The molecule has 3 aromatic carbocycles. The van der Waals surface area contributed by atoms with Gasteiger partial charge in [-0.2, -0.15) is 10.1 Å². The lowest BCUT2D eigenvalue weighted by Gasteiger charge is -2.16. The SMILES string of the molecule is COc1cc(/C=C2/C(=O)N(c3ccccc3)N=C2C)cc(OC)c1OCCOc1ccccc1Cl. The van der Waals surface area contributed by atoms with Gasteiger partial charge >= 0.3 is 0 Å². The van der Waals surface area contributed by atoms with E-state index in [0.717, 1.165) is 0 Å². The number of benzene rings is 3. The van der Waals surface area contributed by atoms with Gasteiger partial charge in [0.05, 0.1) is 36.2 Å². The minimum absolute atomic E-state index is 0.205. The van der Waals surface area contributed by atoms with Gasteiger partial charge in [0.1, 0.15) is 19.0 Å². The van der Waals surface area contributed by atoms with Gasteiger partial charge in [-0.1, -0.05) is 41.9 Å². The number of nitrogens with zero attached hydrogens (tertiary/aromatic N) is 2. The molecule has 0 fully saturated rings. The van der Waals surface area contributed by atoms with Crippen LogP contribution >= 0.6 is 11.6 Å². The van der Waals surface area contributed by atoms with Gasteiger partial charge in [-0.05, 0) is 55.0 Å². The summed E-state index contributed by atoms with van der Waals surface area (Å²) in [5.74, 6) is 1.75. The van der Waals surface area contributed by atoms with E-state index in [1.165, 1.54) is 5.01 Å². The number of para-hydroxylation sites is 2. The van der Waals surface area contributed by atoms with Crippen LogP contribution < -0.4 is 24.0 Å². The van der Waals surface area contributed by atoms with Crippen molar-refractivity contribution in [1.82, 2.24) is 0 Å². The van der Waals surface area contributed by atoms with Crippen molar-refractivity contribution in [1.29, 1.82) is 0 Å². The van der Waals surface area contributed by atoms with Crippen LogP contribution in [0.25, 0.3) is 6.08 Å². The van der Waals surface area contributed by atoms with Crippen LogP contribution in [0.15, 0.2) is 77.4 Å². The summed E-state index contributed by atoms with van der Waals surface area (Å²) in [7, 11) is 3.09. The Hall–Kier alpha value is -3.97. The number of hydrogen-bond acceptors (Lipinski definition) is 6. The molecule has 4 rings (SSSR count). The number of carbonyl (C=O) groups is 1. The van der Waals surface area contributed by atoms with Gasteiger partial charge in [0.15, 0.2) is 11.5 Å². The fourth-order valence-corrected chi connectivity index (χ4v) is 3.77. The van der Waals surface area contributed by atoms with Gasteiger partial charge in [-0.3, -0.25) is 4.79 Å². The highest BCUT2D eigenvalue weighted by atomic mass is 35.5. The Morgan fingerprint density at radius 2 is 1.51 bits per heavy atom. The second-order valence-electron chi connectivity index (χ2n) is 7.58. The van der Waals surface area contributed by atoms with Crippen molar-refractivity contribution >= 4 is 35.0 Å². The molecule has 0 saturated carbocycles. The van der Waals surface area contributed by atoms with Gasteiger partial charge in [-0.25, -0.2) is 0 Å². The number of hydrogen-bond donors (Lipinski definition) is 0. The van der Waals surface area contributed by atoms with Crippen LogP contribution in [0.2, 0.25) is 5.02 Å². The molecule has 1 aliphatic heterocycles. The van der Waals surface area contributed by atoms with E-state index >= 15 is 0 Å². The molecule has 3 aromatic rings. The summed E-state index contributed by atoms with van der Waals surface area (Å²) in [5.41, 5.74) is 2.53. The lowest BCUT2D eigenvalue weighted by Crippen LogP contribution is -2.21. The molecule has 7 nitrogen and oxygen atoms in total. The minimum Gasteiger partial charge on any atom is -0.493 e. The molecular formula is C27H25ClN2O5. The zero-order valence-electron chi connectivity index (χ0n) is 19.7. The lowest BCUT2D eigenvalue weighted by atomic mass is 10.1. The van der Waals surface area contributed by atoms with Crippen molar-refractivity contribution in [2.45, 2.75) is 6.92 Å². The average Bonchev–Trinajstić information content (AvgIpc) is 3.16. The monoisotopic (exact) mass is 492 g/mol. The molecular weight excluding hydrogens is 468 g/mol. The second-order valence-corrected chi connectivity index (χ2v) is 7.99. The summed E-state index contributed by atoms with van der Waals surface area (Å²) in [6.45, 7) is 2.33. The van der Waals surface area contributed by atoms with Gasteiger partial charge in [-0.15, -0.1) is 0 Å². The summed E-state index contributed by atoms with van der Waals surface area (Å²) in [6, 6.07) is 20.1. The first kappa shape index (κ1) is 24.2. The van der Waals surface area contributed by atoms with E-state index in [2.05, 4.69) is 5.10 Å². The van der Waals surface area contributed by atoms with Crippen molar-refractivity contribution in [3.8, 4) is 23.0 Å². The highest BCUT2D eigenvalue weighted by Crippen LogP contribution is 2.39. The summed E-state index contributed by atoms with van der Waals surface area (Å²) < 4.78 is 22.7. The lowest BCUT2D eigenvalue weighted by molar-refractivity contribution is -0.114. The normalized spacial score (nSPS) is 14.2. The number of halogens is 1. The van der Waals surface area contributed by atoms with Crippen molar-refractivity contribution in [3.63, 3.8) is 0 Å². The number of amides is 1. The predicted molar refractivity (Wildman–Crippen MR) is 137 cm³/mol. The minimum atomic E-state index is -0.205. The van der Waals surface area contributed by atoms with Crippen LogP contribution in [0.1, 0.15) is 12.5 Å². The highest BCUT2D eigenvalue weighted by molar-refractivity contribution is 6.32. The van der Waals surface area contributed by atoms with Crippen LogP contribution in [0.5, 0.6) is 23.0 Å². The molecule has 180 valence electrons. The molecule has 35 heavy (non-hydrogen) atoms. The average molecular weight is 493 g/mol. The van der Waals surface area contributed by atoms with E-state index in [0.29, 0.717) is 50.6 Å². The Labute approximate surface area is 209 Å². The molecule has 0 atom stereocenters. The number of methoxy groups -OCH3 is 2. The third-order valence-electron chi connectivity index (χ3n) is 5.28. The van der Waals surface area contributed by atoms with Gasteiger partial charge in [0.2, 0.25) is 5.75 Å². The maximum atomic E-state index is 13.0. The zero-order chi connectivity index (χ0) is 24.8. The van der Waals surface area contributed by atoms with Gasteiger partial charge < -0.3 is 18.9 Å². The van der Waals surface area contributed by atoms with E-state index in [1.54, 1.807) is 51.5 Å². The van der Waals surface area contributed by atoms with E-state index in [9.17, 15) is 4.79 Å². The van der Waals surface area contributed by atoms with Gasteiger partial charge in [0.25, 0.3) is 5.91 Å². The van der Waals surface area contributed by atoms with Crippen LogP contribution in [-0.4, -0.2) is 39.1 Å². The molecule has 0 radical (unpaired) electrons. The Morgan fingerprint density at radius 1 is 0.886 bits per heavy atom. The van der Waals surface area contributed by atoms with Crippen molar-refractivity contribution in [2.24, 2.45) is 5.10 Å². The zero-order valence-corrected chi connectivity index (χ0v) is 20.4. The Balaban J connectivity index is 1.52. The third-order valence-corrected chi connectivity index (χ3v) is 5.59. The number of ether oxygens (including phenoxy) is 4. The summed E-state index contributed by atoms with van der Waals surface area (Å²) in [5, 5.41) is 6.35.